The first kappa shape index (κ1) is 19.0. The summed E-state index contributed by atoms with van der Waals surface area (Å²) < 4.78 is 0. The molecule has 0 aliphatic carbocycles. The summed E-state index contributed by atoms with van der Waals surface area (Å²) in [6.45, 7) is 5.64. The van der Waals surface area contributed by atoms with Crippen molar-refractivity contribution in [3.63, 3.8) is 0 Å². The zero-order chi connectivity index (χ0) is 19.2. The van der Waals surface area contributed by atoms with E-state index in [0.717, 1.165) is 43.0 Å². The highest BCUT2D eigenvalue weighted by Gasteiger charge is 2.25. The van der Waals surface area contributed by atoms with E-state index in [-0.39, 0.29) is 11.8 Å². The Kier molecular flexibility index (Phi) is 6.18. The SMILES string of the molecule is Cc1cccc(NC(=S)NNC(=O)C2CCN(c3cnccn3)CC2)c1C. The van der Waals surface area contributed by atoms with E-state index in [0.29, 0.717) is 5.11 Å². The van der Waals surface area contributed by atoms with Crippen LogP contribution in [0.3, 0.4) is 0 Å². The zero-order valence-corrected chi connectivity index (χ0v) is 16.3. The number of hydrazine groups is 1. The van der Waals surface area contributed by atoms with Crippen molar-refractivity contribution in [2.24, 2.45) is 5.92 Å². The average molecular weight is 385 g/mol. The van der Waals surface area contributed by atoms with Crippen LogP contribution in [0.15, 0.2) is 36.8 Å². The lowest BCUT2D eigenvalue weighted by molar-refractivity contribution is -0.126. The van der Waals surface area contributed by atoms with Crippen LogP contribution in [0.1, 0.15) is 24.0 Å². The van der Waals surface area contributed by atoms with Crippen molar-refractivity contribution >= 4 is 34.7 Å². The summed E-state index contributed by atoms with van der Waals surface area (Å²) in [6.07, 6.45) is 6.62. The summed E-state index contributed by atoms with van der Waals surface area (Å²) in [5, 5.41) is 3.49. The molecule has 1 aliphatic rings. The van der Waals surface area contributed by atoms with E-state index in [2.05, 4.69) is 31.0 Å². The smallest absolute Gasteiger partial charge is 0.241 e. The third-order valence-electron chi connectivity index (χ3n) is 4.89. The van der Waals surface area contributed by atoms with E-state index < -0.39 is 0 Å². The van der Waals surface area contributed by atoms with E-state index in [1.165, 1.54) is 5.56 Å². The van der Waals surface area contributed by atoms with Crippen molar-refractivity contribution in [1.29, 1.82) is 0 Å². The summed E-state index contributed by atoms with van der Waals surface area (Å²) in [6, 6.07) is 5.98. The molecule has 2 aromatic rings. The lowest BCUT2D eigenvalue weighted by atomic mass is 9.96. The number of anilines is 2. The van der Waals surface area contributed by atoms with Crippen LogP contribution in [0.2, 0.25) is 0 Å². The number of piperidine rings is 1. The van der Waals surface area contributed by atoms with Crippen LogP contribution >= 0.6 is 12.2 Å². The van der Waals surface area contributed by atoms with Crippen molar-refractivity contribution in [3.05, 3.63) is 47.9 Å². The number of hydrogen-bond donors (Lipinski definition) is 3. The second kappa shape index (κ2) is 8.77. The first-order valence-electron chi connectivity index (χ1n) is 8.98. The van der Waals surface area contributed by atoms with Gasteiger partial charge in [-0.3, -0.25) is 20.6 Å². The van der Waals surface area contributed by atoms with E-state index in [4.69, 9.17) is 12.2 Å². The van der Waals surface area contributed by atoms with Gasteiger partial charge in [0.2, 0.25) is 5.91 Å². The quantitative estimate of drug-likeness (QED) is 0.553. The highest BCUT2D eigenvalue weighted by atomic mass is 32.1. The van der Waals surface area contributed by atoms with Crippen LogP contribution in [0.4, 0.5) is 11.5 Å². The molecule has 0 saturated carbocycles. The molecule has 0 atom stereocenters. The Morgan fingerprint density at radius 2 is 1.96 bits per heavy atom. The number of thiocarbonyl (C=S) groups is 1. The first-order chi connectivity index (χ1) is 13.0. The number of rotatable bonds is 3. The largest absolute Gasteiger partial charge is 0.355 e. The molecule has 1 amide bonds. The topological polar surface area (TPSA) is 82.2 Å². The maximum Gasteiger partial charge on any atom is 0.241 e. The molecule has 1 aliphatic heterocycles. The van der Waals surface area contributed by atoms with Gasteiger partial charge in [-0.15, -0.1) is 0 Å². The fourth-order valence-corrected chi connectivity index (χ4v) is 3.25. The third-order valence-corrected chi connectivity index (χ3v) is 5.10. The van der Waals surface area contributed by atoms with Crippen LogP contribution in [0, 0.1) is 19.8 Å². The van der Waals surface area contributed by atoms with Crippen molar-refractivity contribution < 1.29 is 4.79 Å². The van der Waals surface area contributed by atoms with Crippen LogP contribution < -0.4 is 21.1 Å². The fraction of sp³-hybridized carbons (Fsp3) is 0.368. The Morgan fingerprint density at radius 3 is 2.67 bits per heavy atom. The number of carbonyl (C=O) groups excluding carboxylic acids is 1. The normalized spacial score (nSPS) is 14.5. The van der Waals surface area contributed by atoms with E-state index in [1.807, 2.05) is 32.0 Å². The van der Waals surface area contributed by atoms with Crippen LogP contribution in [0.25, 0.3) is 0 Å². The number of hydrogen-bond acceptors (Lipinski definition) is 5. The number of amides is 1. The van der Waals surface area contributed by atoms with Gasteiger partial charge in [-0.2, -0.15) is 0 Å². The minimum atomic E-state index is -0.0473. The second-order valence-corrected chi connectivity index (χ2v) is 7.05. The molecule has 0 spiro atoms. The Balaban J connectivity index is 1.44. The molecule has 27 heavy (non-hydrogen) atoms. The molecule has 7 nitrogen and oxygen atoms in total. The molecule has 142 valence electrons. The van der Waals surface area contributed by atoms with Gasteiger partial charge in [-0.25, -0.2) is 4.98 Å². The van der Waals surface area contributed by atoms with Gasteiger partial charge in [0.1, 0.15) is 5.82 Å². The highest BCUT2D eigenvalue weighted by molar-refractivity contribution is 7.80. The van der Waals surface area contributed by atoms with Gasteiger partial charge in [0.15, 0.2) is 5.11 Å². The summed E-state index contributed by atoms with van der Waals surface area (Å²) in [5.41, 5.74) is 8.77. The molecular weight excluding hydrogens is 360 g/mol. The lowest BCUT2D eigenvalue weighted by Gasteiger charge is -2.31. The Morgan fingerprint density at radius 1 is 1.19 bits per heavy atom. The van der Waals surface area contributed by atoms with Crippen LogP contribution in [-0.4, -0.2) is 34.1 Å². The molecule has 1 aromatic carbocycles. The molecule has 8 heteroatoms. The Hall–Kier alpha value is -2.74. The van der Waals surface area contributed by atoms with Crippen molar-refractivity contribution in [2.45, 2.75) is 26.7 Å². The Bertz CT molecular complexity index is 805. The molecular formula is C19H24N6OS. The monoisotopic (exact) mass is 384 g/mol. The number of nitrogens with zero attached hydrogens (tertiary/aromatic N) is 3. The predicted molar refractivity (Wildman–Crippen MR) is 110 cm³/mol. The molecule has 1 aromatic heterocycles. The maximum absolute atomic E-state index is 12.4. The number of aromatic nitrogens is 2. The van der Waals surface area contributed by atoms with Gasteiger partial charge in [0.05, 0.1) is 6.20 Å². The van der Waals surface area contributed by atoms with E-state index in [9.17, 15) is 4.79 Å². The zero-order valence-electron chi connectivity index (χ0n) is 15.5. The Labute approximate surface area is 164 Å². The second-order valence-electron chi connectivity index (χ2n) is 6.64. The minimum Gasteiger partial charge on any atom is -0.355 e. The molecule has 3 N–H and O–H groups in total. The van der Waals surface area contributed by atoms with Gasteiger partial charge >= 0.3 is 0 Å². The number of benzene rings is 1. The van der Waals surface area contributed by atoms with Crippen molar-refractivity contribution in [1.82, 2.24) is 20.8 Å². The highest BCUT2D eigenvalue weighted by Crippen LogP contribution is 2.21. The first-order valence-corrected chi connectivity index (χ1v) is 9.39. The third kappa shape index (κ3) is 4.91. The summed E-state index contributed by atoms with van der Waals surface area (Å²) in [7, 11) is 0. The number of nitrogens with one attached hydrogen (secondary N) is 3. The van der Waals surface area contributed by atoms with Crippen molar-refractivity contribution in [3.8, 4) is 0 Å². The van der Waals surface area contributed by atoms with Gasteiger partial charge in [0.25, 0.3) is 0 Å². The van der Waals surface area contributed by atoms with Gasteiger partial charge in [-0.05, 0) is 56.1 Å². The minimum absolute atomic E-state index is 0.0427. The molecule has 3 rings (SSSR count). The van der Waals surface area contributed by atoms with Crippen molar-refractivity contribution in [2.75, 3.05) is 23.3 Å². The van der Waals surface area contributed by atoms with Gasteiger partial charge in [0, 0.05) is 37.1 Å². The lowest BCUT2D eigenvalue weighted by Crippen LogP contribution is -2.48. The summed E-state index contributed by atoms with van der Waals surface area (Å²) >= 11 is 5.28. The number of aryl methyl sites for hydroxylation is 1. The van der Waals surface area contributed by atoms with E-state index in [1.54, 1.807) is 18.6 Å². The molecule has 0 radical (unpaired) electrons. The molecule has 0 bridgehead atoms. The average Bonchev–Trinajstić information content (AvgIpc) is 2.70. The van der Waals surface area contributed by atoms with Gasteiger partial charge in [-0.1, -0.05) is 12.1 Å². The fourth-order valence-electron chi connectivity index (χ4n) is 3.09. The summed E-state index contributed by atoms with van der Waals surface area (Å²) in [5.74, 6) is 0.765. The standard InChI is InChI=1S/C19H24N6OS/c1-13-4-3-5-16(14(13)2)22-19(27)24-23-18(26)15-6-10-25(11-7-15)17-12-20-8-9-21-17/h3-5,8-9,12,15H,6-7,10-11H2,1-2H3,(H,23,26)(H2,22,24,27). The molecule has 2 heterocycles. The van der Waals surface area contributed by atoms with Gasteiger partial charge < -0.3 is 10.2 Å². The molecule has 0 unspecified atom stereocenters. The molecule has 1 fully saturated rings. The summed E-state index contributed by atoms with van der Waals surface area (Å²) in [4.78, 5) is 23.0. The maximum atomic E-state index is 12.4. The van der Waals surface area contributed by atoms with E-state index >= 15 is 0 Å². The predicted octanol–water partition coefficient (Wildman–Crippen LogP) is 2.33. The number of carbonyl (C=O) groups is 1. The molecule has 1 saturated heterocycles. The van der Waals surface area contributed by atoms with Crippen LogP contribution in [-0.2, 0) is 4.79 Å². The van der Waals surface area contributed by atoms with Crippen LogP contribution in [0.5, 0.6) is 0 Å².